The summed E-state index contributed by atoms with van der Waals surface area (Å²) in [5, 5.41) is 25.5. The van der Waals surface area contributed by atoms with Crippen LogP contribution in [0.3, 0.4) is 0 Å². The van der Waals surface area contributed by atoms with Crippen LogP contribution in [0.15, 0.2) is 49.1 Å². The number of hydrogen-bond donors (Lipinski definition) is 2. The number of nitrogens with zero attached hydrogens (tertiary/aromatic N) is 6. The van der Waals surface area contributed by atoms with Gasteiger partial charge in [-0.05, 0) is 48.4 Å². The van der Waals surface area contributed by atoms with Gasteiger partial charge in [0.15, 0.2) is 0 Å². The summed E-state index contributed by atoms with van der Waals surface area (Å²) in [5.41, 5.74) is 1.70. The second-order valence-corrected chi connectivity index (χ2v) is 10.8. The summed E-state index contributed by atoms with van der Waals surface area (Å²) in [6, 6.07) is 7.36. The first-order valence-corrected chi connectivity index (χ1v) is 13.3. The number of anilines is 2. The number of nitrogens with one attached hydrogen (secondary N) is 2. The number of amides is 2. The Balaban J connectivity index is 1.09. The largest absolute Gasteiger partial charge is 0.300 e. The molecule has 12 heteroatoms. The topological polar surface area (TPSA) is 136 Å². The van der Waals surface area contributed by atoms with Crippen LogP contribution in [0.5, 0.6) is 0 Å². The zero-order valence-electron chi connectivity index (χ0n) is 19.3. The predicted octanol–water partition coefficient (Wildman–Crippen LogP) is 3.67. The summed E-state index contributed by atoms with van der Waals surface area (Å²) in [4.78, 5) is 32.6. The number of rotatable bonds is 9. The molecule has 2 N–H and O–H groups in total. The molecular weight excluding hydrogens is 496 g/mol. The van der Waals surface area contributed by atoms with Crippen molar-refractivity contribution in [2.24, 2.45) is 5.92 Å². The average Bonchev–Trinajstić information content (AvgIpc) is 3.62. The molecule has 4 aromatic heterocycles. The van der Waals surface area contributed by atoms with Crippen LogP contribution in [0.4, 0.5) is 10.3 Å². The fourth-order valence-electron chi connectivity index (χ4n) is 4.27. The lowest BCUT2D eigenvalue weighted by Gasteiger charge is -2.07. The molecule has 1 aliphatic rings. The van der Waals surface area contributed by atoms with Crippen LogP contribution in [-0.2, 0) is 28.9 Å². The molecule has 4 aromatic rings. The highest BCUT2D eigenvalue weighted by Gasteiger charge is 2.29. The Morgan fingerprint density at radius 2 is 1.47 bits per heavy atom. The molecular formula is C24H24N8O2S2. The van der Waals surface area contributed by atoms with E-state index in [1.807, 2.05) is 24.3 Å². The van der Waals surface area contributed by atoms with Crippen molar-refractivity contribution < 1.29 is 9.59 Å². The Hall–Kier alpha value is -3.64. The number of carbonyl (C=O) groups is 2. The highest BCUT2D eigenvalue weighted by Crippen LogP contribution is 2.41. The van der Waals surface area contributed by atoms with Gasteiger partial charge in [-0.3, -0.25) is 19.6 Å². The third-order valence-corrected chi connectivity index (χ3v) is 7.79. The Morgan fingerprint density at radius 1 is 0.833 bits per heavy atom. The van der Waals surface area contributed by atoms with Crippen molar-refractivity contribution in [1.29, 1.82) is 0 Å². The summed E-state index contributed by atoms with van der Waals surface area (Å²) in [5.74, 6) is 0.526. The lowest BCUT2D eigenvalue weighted by molar-refractivity contribution is -0.116. The maximum atomic E-state index is 12.3. The quantitative estimate of drug-likeness (QED) is 0.341. The highest BCUT2D eigenvalue weighted by molar-refractivity contribution is 7.15. The Bertz CT molecular complexity index is 1310. The molecule has 0 unspecified atom stereocenters. The van der Waals surface area contributed by atoms with Gasteiger partial charge < -0.3 is 10.6 Å². The van der Waals surface area contributed by atoms with E-state index in [2.05, 4.69) is 41.0 Å². The summed E-state index contributed by atoms with van der Waals surface area (Å²) >= 11 is 2.86. The molecule has 0 spiro atoms. The first-order valence-electron chi connectivity index (χ1n) is 11.6. The van der Waals surface area contributed by atoms with E-state index in [0.717, 1.165) is 46.8 Å². The molecule has 2 amide bonds. The normalized spacial score (nSPS) is 17.1. The SMILES string of the molecule is O=C(Cc1cccnc1)Nc1nnc(C[C@H]2CC[C@@H](c3nnc(NC(=O)Cc4cccnc4)s3)C2)s1. The Kier molecular flexibility index (Phi) is 7.62. The fourth-order valence-corrected chi connectivity index (χ4v) is 6.05. The summed E-state index contributed by atoms with van der Waals surface area (Å²) in [6.07, 6.45) is 11.1. The molecule has 1 fully saturated rings. The van der Waals surface area contributed by atoms with Gasteiger partial charge in [0.25, 0.3) is 0 Å². The zero-order chi connectivity index (χ0) is 24.7. The summed E-state index contributed by atoms with van der Waals surface area (Å²) in [6.45, 7) is 0. The second kappa shape index (κ2) is 11.4. The van der Waals surface area contributed by atoms with Crippen LogP contribution >= 0.6 is 22.7 Å². The molecule has 184 valence electrons. The van der Waals surface area contributed by atoms with Crippen molar-refractivity contribution in [2.45, 2.75) is 44.4 Å². The van der Waals surface area contributed by atoms with E-state index in [-0.39, 0.29) is 24.7 Å². The molecule has 0 radical (unpaired) electrons. The zero-order valence-corrected chi connectivity index (χ0v) is 21.0. The third kappa shape index (κ3) is 6.52. The van der Waals surface area contributed by atoms with Crippen LogP contribution < -0.4 is 10.6 Å². The minimum Gasteiger partial charge on any atom is -0.300 e. The monoisotopic (exact) mass is 520 g/mol. The number of hydrogen-bond acceptors (Lipinski definition) is 10. The molecule has 0 saturated heterocycles. The molecule has 2 atom stereocenters. The minimum absolute atomic E-state index is 0.130. The molecule has 4 heterocycles. The van der Waals surface area contributed by atoms with Gasteiger partial charge in [-0.25, -0.2) is 0 Å². The van der Waals surface area contributed by atoms with Crippen molar-refractivity contribution in [3.8, 4) is 0 Å². The van der Waals surface area contributed by atoms with Gasteiger partial charge in [-0.2, -0.15) is 0 Å². The van der Waals surface area contributed by atoms with Crippen molar-refractivity contribution in [1.82, 2.24) is 30.4 Å². The van der Waals surface area contributed by atoms with E-state index in [1.54, 1.807) is 24.8 Å². The van der Waals surface area contributed by atoms with Crippen LogP contribution in [0.1, 0.15) is 46.3 Å². The van der Waals surface area contributed by atoms with Gasteiger partial charge in [0, 0.05) is 37.1 Å². The summed E-state index contributed by atoms with van der Waals surface area (Å²) < 4.78 is 0. The van der Waals surface area contributed by atoms with Crippen LogP contribution in [-0.4, -0.2) is 42.2 Å². The highest BCUT2D eigenvalue weighted by atomic mass is 32.1. The molecule has 0 aliphatic heterocycles. The van der Waals surface area contributed by atoms with E-state index in [9.17, 15) is 9.59 Å². The predicted molar refractivity (Wildman–Crippen MR) is 137 cm³/mol. The lowest BCUT2D eigenvalue weighted by Crippen LogP contribution is -2.14. The van der Waals surface area contributed by atoms with Gasteiger partial charge in [-0.1, -0.05) is 34.8 Å². The Morgan fingerprint density at radius 3 is 2.11 bits per heavy atom. The summed E-state index contributed by atoms with van der Waals surface area (Å²) in [7, 11) is 0. The van der Waals surface area contributed by atoms with Gasteiger partial charge in [0.1, 0.15) is 10.0 Å². The second-order valence-electron chi connectivity index (χ2n) is 8.70. The molecule has 0 aromatic carbocycles. The first-order chi connectivity index (χ1) is 17.6. The van der Waals surface area contributed by atoms with E-state index < -0.39 is 0 Å². The average molecular weight is 521 g/mol. The maximum Gasteiger partial charge on any atom is 0.230 e. The third-order valence-electron chi connectivity index (χ3n) is 5.93. The standard InChI is InChI=1S/C24H24N8O2S2/c33-19(10-16-3-1-7-25-13-16)27-23-31-29-21(35-23)12-15-5-6-18(9-15)22-30-32-24(36-22)28-20(34)11-17-4-2-8-26-14-17/h1-4,7-8,13-15,18H,5-6,9-12H2,(H,27,31,33)(H,28,32,34)/t15-,18+/m0/s1. The van der Waals surface area contributed by atoms with Crippen LogP contribution in [0.25, 0.3) is 0 Å². The van der Waals surface area contributed by atoms with Gasteiger partial charge in [0.05, 0.1) is 12.8 Å². The van der Waals surface area contributed by atoms with Crippen molar-refractivity contribution >= 4 is 44.8 Å². The minimum atomic E-state index is -0.133. The van der Waals surface area contributed by atoms with Gasteiger partial charge >= 0.3 is 0 Å². The first kappa shape index (κ1) is 24.1. The molecule has 1 aliphatic carbocycles. The lowest BCUT2D eigenvalue weighted by atomic mass is 10.0. The van der Waals surface area contributed by atoms with Crippen molar-refractivity contribution in [3.05, 3.63) is 70.2 Å². The maximum absolute atomic E-state index is 12.3. The van der Waals surface area contributed by atoms with Crippen molar-refractivity contribution in [3.63, 3.8) is 0 Å². The number of aromatic nitrogens is 6. The van der Waals surface area contributed by atoms with Gasteiger partial charge in [-0.15, -0.1) is 20.4 Å². The number of pyridine rings is 2. The molecule has 1 saturated carbocycles. The van der Waals surface area contributed by atoms with E-state index >= 15 is 0 Å². The molecule has 10 nitrogen and oxygen atoms in total. The van der Waals surface area contributed by atoms with Crippen LogP contribution in [0, 0.1) is 5.92 Å². The van der Waals surface area contributed by atoms with E-state index in [0.29, 0.717) is 22.1 Å². The molecule has 0 bridgehead atoms. The Labute approximate surface area is 215 Å². The smallest absolute Gasteiger partial charge is 0.230 e. The van der Waals surface area contributed by atoms with E-state index in [1.165, 1.54) is 22.7 Å². The van der Waals surface area contributed by atoms with Crippen molar-refractivity contribution in [2.75, 3.05) is 10.6 Å². The molecule has 36 heavy (non-hydrogen) atoms. The fraction of sp³-hybridized carbons (Fsp3) is 0.333. The molecule has 5 rings (SSSR count). The van der Waals surface area contributed by atoms with Gasteiger partial charge in [0.2, 0.25) is 22.1 Å². The number of carbonyl (C=O) groups excluding carboxylic acids is 2. The van der Waals surface area contributed by atoms with Crippen LogP contribution in [0.2, 0.25) is 0 Å². The van der Waals surface area contributed by atoms with E-state index in [4.69, 9.17) is 0 Å².